The summed E-state index contributed by atoms with van der Waals surface area (Å²) in [5, 5.41) is 3.04. The van der Waals surface area contributed by atoms with Crippen LogP contribution in [0.3, 0.4) is 0 Å². The van der Waals surface area contributed by atoms with Gasteiger partial charge in [-0.2, -0.15) is 0 Å². The molecular formula is C12H16Cl2FN2O+. The number of quaternary nitrogens is 1. The number of halogens is 3. The molecule has 1 aromatic carbocycles. The lowest BCUT2D eigenvalue weighted by molar-refractivity contribution is -0.440. The average molecular weight is 294 g/mol. The zero-order valence-corrected chi connectivity index (χ0v) is 11.6. The summed E-state index contributed by atoms with van der Waals surface area (Å²) in [6, 6.07) is 4.40. The van der Waals surface area contributed by atoms with Crippen molar-refractivity contribution >= 4 is 29.1 Å². The van der Waals surface area contributed by atoms with Gasteiger partial charge in [0.05, 0.1) is 6.04 Å². The Bertz CT molecular complexity index is 402. The molecule has 1 aliphatic rings. The number of rotatable bonds is 2. The van der Waals surface area contributed by atoms with Gasteiger partial charge in [-0.1, -0.05) is 11.6 Å². The highest BCUT2D eigenvalue weighted by atomic mass is 35.5. The minimum Gasteiger partial charge on any atom is -0.355 e. The standard InChI is InChI=1S/C11H12ClFN2O.CH3Cl/c12-7-1-6(2-8(13)3-7)11(16)15-10-4-9(14)5-10;1-2/h1-3,9-10H,4-5,14H2,(H,15,16);1H3/p+1. The molecular weight excluding hydrogens is 278 g/mol. The fourth-order valence-electron chi connectivity index (χ4n) is 1.81. The second-order valence-electron chi connectivity index (χ2n) is 4.17. The fraction of sp³-hybridized carbons (Fsp3) is 0.417. The van der Waals surface area contributed by atoms with Crippen LogP contribution in [0.5, 0.6) is 0 Å². The number of benzene rings is 1. The van der Waals surface area contributed by atoms with Crippen LogP contribution < -0.4 is 11.1 Å². The van der Waals surface area contributed by atoms with Crippen molar-refractivity contribution in [2.24, 2.45) is 0 Å². The molecule has 0 radical (unpaired) electrons. The van der Waals surface area contributed by atoms with E-state index in [9.17, 15) is 9.18 Å². The first-order valence-corrected chi connectivity index (χ1v) is 6.66. The summed E-state index contributed by atoms with van der Waals surface area (Å²) in [5.74, 6) is -0.778. The molecule has 0 bridgehead atoms. The third-order valence-corrected chi connectivity index (χ3v) is 2.91. The highest BCUT2D eigenvalue weighted by Crippen LogP contribution is 2.18. The largest absolute Gasteiger partial charge is 0.355 e. The minimum absolute atomic E-state index is 0.164. The third-order valence-electron chi connectivity index (χ3n) is 2.70. The Balaban J connectivity index is 0.000000771. The Labute approximate surface area is 115 Å². The molecule has 0 unspecified atom stereocenters. The van der Waals surface area contributed by atoms with Gasteiger partial charge in [0, 0.05) is 35.9 Å². The van der Waals surface area contributed by atoms with Gasteiger partial charge in [-0.3, -0.25) is 4.79 Å². The van der Waals surface area contributed by atoms with E-state index in [1.807, 2.05) is 0 Å². The topological polar surface area (TPSA) is 56.7 Å². The molecule has 3 nitrogen and oxygen atoms in total. The zero-order chi connectivity index (χ0) is 13.7. The maximum Gasteiger partial charge on any atom is 0.251 e. The van der Waals surface area contributed by atoms with E-state index in [-0.39, 0.29) is 22.5 Å². The SMILES string of the molecule is CCl.[NH3+]C1CC(NC(=O)c2cc(F)cc(Cl)c2)C1. The van der Waals surface area contributed by atoms with Crippen molar-refractivity contribution in [1.29, 1.82) is 0 Å². The van der Waals surface area contributed by atoms with E-state index in [1.165, 1.54) is 24.6 Å². The summed E-state index contributed by atoms with van der Waals surface area (Å²) in [4.78, 5) is 11.7. The van der Waals surface area contributed by atoms with Crippen LogP contribution in [0.1, 0.15) is 23.2 Å². The Morgan fingerprint density at radius 2 is 2.00 bits per heavy atom. The quantitative estimate of drug-likeness (QED) is 0.803. The number of hydrogen-bond acceptors (Lipinski definition) is 1. The van der Waals surface area contributed by atoms with Gasteiger partial charge in [-0.15, -0.1) is 11.6 Å². The van der Waals surface area contributed by atoms with Crippen LogP contribution in [0.4, 0.5) is 4.39 Å². The van der Waals surface area contributed by atoms with E-state index in [2.05, 4.69) is 22.7 Å². The maximum absolute atomic E-state index is 13.0. The molecule has 1 saturated carbocycles. The lowest BCUT2D eigenvalue weighted by Crippen LogP contribution is -2.70. The average Bonchev–Trinajstić information content (AvgIpc) is 2.28. The monoisotopic (exact) mass is 293 g/mol. The fourth-order valence-corrected chi connectivity index (χ4v) is 2.03. The summed E-state index contributed by atoms with van der Waals surface area (Å²) >= 11 is 10.3. The molecule has 1 amide bonds. The Morgan fingerprint density at radius 3 is 2.50 bits per heavy atom. The zero-order valence-electron chi connectivity index (χ0n) is 10.1. The van der Waals surface area contributed by atoms with Crippen molar-refractivity contribution in [1.82, 2.24) is 5.32 Å². The lowest BCUT2D eigenvalue weighted by atomic mass is 9.87. The summed E-state index contributed by atoms with van der Waals surface area (Å²) in [6.45, 7) is 0. The van der Waals surface area contributed by atoms with Crippen LogP contribution in [0, 0.1) is 5.82 Å². The number of alkyl halides is 1. The summed E-state index contributed by atoms with van der Waals surface area (Å²) < 4.78 is 13.0. The van der Waals surface area contributed by atoms with Gasteiger partial charge in [0.2, 0.25) is 0 Å². The van der Waals surface area contributed by atoms with E-state index in [4.69, 9.17) is 11.6 Å². The predicted octanol–water partition coefficient (Wildman–Crippen LogP) is 1.84. The Morgan fingerprint density at radius 1 is 1.39 bits per heavy atom. The Hall–Kier alpha value is -0.840. The predicted molar refractivity (Wildman–Crippen MR) is 70.4 cm³/mol. The molecule has 0 saturated heterocycles. The third kappa shape index (κ3) is 4.12. The highest BCUT2D eigenvalue weighted by molar-refractivity contribution is 6.31. The van der Waals surface area contributed by atoms with Crippen molar-refractivity contribution in [3.05, 3.63) is 34.6 Å². The lowest BCUT2D eigenvalue weighted by Gasteiger charge is -2.30. The van der Waals surface area contributed by atoms with Gasteiger partial charge < -0.3 is 11.1 Å². The smallest absolute Gasteiger partial charge is 0.251 e. The van der Waals surface area contributed by atoms with E-state index >= 15 is 0 Å². The van der Waals surface area contributed by atoms with Crippen molar-refractivity contribution in [3.63, 3.8) is 0 Å². The molecule has 0 heterocycles. The van der Waals surface area contributed by atoms with Crippen LogP contribution in [-0.4, -0.2) is 24.4 Å². The van der Waals surface area contributed by atoms with E-state index in [0.29, 0.717) is 6.04 Å². The maximum atomic E-state index is 13.0. The number of carbonyl (C=O) groups is 1. The van der Waals surface area contributed by atoms with Gasteiger partial charge in [-0.25, -0.2) is 4.39 Å². The van der Waals surface area contributed by atoms with Crippen molar-refractivity contribution in [2.75, 3.05) is 6.38 Å². The van der Waals surface area contributed by atoms with Gasteiger partial charge in [-0.05, 0) is 18.2 Å². The van der Waals surface area contributed by atoms with E-state index in [1.54, 1.807) is 0 Å². The molecule has 0 aliphatic heterocycles. The van der Waals surface area contributed by atoms with Crippen molar-refractivity contribution in [2.45, 2.75) is 24.9 Å². The number of carbonyl (C=O) groups excluding carboxylic acids is 1. The molecule has 100 valence electrons. The molecule has 0 spiro atoms. The normalized spacial score (nSPS) is 21.4. The molecule has 6 heteroatoms. The van der Waals surface area contributed by atoms with Crippen molar-refractivity contribution < 1.29 is 14.9 Å². The molecule has 18 heavy (non-hydrogen) atoms. The van der Waals surface area contributed by atoms with E-state index < -0.39 is 5.82 Å². The van der Waals surface area contributed by atoms with Crippen LogP contribution in [0.2, 0.25) is 5.02 Å². The van der Waals surface area contributed by atoms with E-state index in [0.717, 1.165) is 12.8 Å². The van der Waals surface area contributed by atoms with Gasteiger partial charge >= 0.3 is 0 Å². The molecule has 1 aliphatic carbocycles. The molecule has 2 rings (SSSR count). The second kappa shape index (κ2) is 6.92. The van der Waals surface area contributed by atoms with Gasteiger partial charge in [0.15, 0.2) is 0 Å². The second-order valence-corrected chi connectivity index (χ2v) is 4.60. The first kappa shape index (κ1) is 15.2. The molecule has 0 atom stereocenters. The highest BCUT2D eigenvalue weighted by Gasteiger charge is 2.30. The summed E-state index contributed by atoms with van der Waals surface area (Å²) in [7, 11) is 0. The van der Waals surface area contributed by atoms with Crippen LogP contribution in [-0.2, 0) is 0 Å². The minimum atomic E-state index is -0.499. The molecule has 1 aromatic rings. The van der Waals surface area contributed by atoms with Gasteiger partial charge in [0.25, 0.3) is 5.91 Å². The Kier molecular flexibility index (Phi) is 5.85. The molecule has 4 N–H and O–H groups in total. The number of hydrogen-bond donors (Lipinski definition) is 2. The van der Waals surface area contributed by atoms with Crippen LogP contribution >= 0.6 is 23.2 Å². The van der Waals surface area contributed by atoms with Crippen molar-refractivity contribution in [3.8, 4) is 0 Å². The first-order chi connectivity index (χ1) is 8.54. The number of nitrogens with one attached hydrogen (secondary N) is 1. The summed E-state index contributed by atoms with van der Waals surface area (Å²) in [5.41, 5.74) is 4.13. The van der Waals surface area contributed by atoms with Gasteiger partial charge in [0.1, 0.15) is 5.82 Å². The molecule has 0 aromatic heterocycles. The van der Waals surface area contributed by atoms with Crippen LogP contribution in [0.15, 0.2) is 18.2 Å². The first-order valence-electron chi connectivity index (χ1n) is 5.52. The van der Waals surface area contributed by atoms with Crippen LogP contribution in [0.25, 0.3) is 0 Å². The summed E-state index contributed by atoms with van der Waals surface area (Å²) in [6.07, 6.45) is 3.24. The molecule has 1 fully saturated rings. The number of amides is 1.